The standard InChI is InChI=1S/C17H28ClN/c1-4-12-19-13-15(9-7-8-14(2)3)16-10-5-6-11-17(16)18/h5-6,10-11,14-15,19H,4,7-9,12-13H2,1-3H3. The summed E-state index contributed by atoms with van der Waals surface area (Å²) in [5.41, 5.74) is 1.30. The number of benzene rings is 1. The van der Waals surface area contributed by atoms with E-state index in [0.717, 1.165) is 24.0 Å². The Labute approximate surface area is 123 Å². The molecule has 0 saturated heterocycles. The van der Waals surface area contributed by atoms with Crippen molar-refractivity contribution in [1.82, 2.24) is 5.32 Å². The minimum atomic E-state index is 0.541. The van der Waals surface area contributed by atoms with Gasteiger partial charge < -0.3 is 5.32 Å². The van der Waals surface area contributed by atoms with Crippen molar-refractivity contribution in [2.45, 2.75) is 52.4 Å². The molecule has 1 aromatic rings. The molecule has 19 heavy (non-hydrogen) atoms. The lowest BCUT2D eigenvalue weighted by molar-refractivity contribution is 0.480. The molecule has 1 nitrogen and oxygen atoms in total. The molecule has 0 bridgehead atoms. The molecule has 0 amide bonds. The molecule has 0 saturated carbocycles. The minimum Gasteiger partial charge on any atom is -0.316 e. The average molecular weight is 282 g/mol. The Kier molecular flexibility index (Phi) is 8.16. The molecule has 108 valence electrons. The lowest BCUT2D eigenvalue weighted by Crippen LogP contribution is -2.22. The molecular weight excluding hydrogens is 254 g/mol. The monoisotopic (exact) mass is 281 g/mol. The molecule has 0 aromatic heterocycles. The van der Waals surface area contributed by atoms with E-state index in [2.05, 4.69) is 38.2 Å². The van der Waals surface area contributed by atoms with Crippen LogP contribution in [0.4, 0.5) is 0 Å². The van der Waals surface area contributed by atoms with Gasteiger partial charge in [-0.2, -0.15) is 0 Å². The normalized spacial score (nSPS) is 12.9. The molecule has 2 heteroatoms. The summed E-state index contributed by atoms with van der Waals surface area (Å²) >= 11 is 6.35. The molecule has 1 rings (SSSR count). The van der Waals surface area contributed by atoms with Crippen molar-refractivity contribution in [3.63, 3.8) is 0 Å². The van der Waals surface area contributed by atoms with Crippen LogP contribution in [-0.2, 0) is 0 Å². The molecule has 0 aliphatic heterocycles. The van der Waals surface area contributed by atoms with Crippen LogP contribution < -0.4 is 5.32 Å². The van der Waals surface area contributed by atoms with Crippen molar-refractivity contribution in [3.05, 3.63) is 34.9 Å². The second-order valence-corrected chi connectivity index (χ2v) is 6.15. The molecule has 1 atom stereocenters. The highest BCUT2D eigenvalue weighted by Gasteiger charge is 2.14. The van der Waals surface area contributed by atoms with E-state index in [-0.39, 0.29) is 0 Å². The maximum Gasteiger partial charge on any atom is 0.0441 e. The molecule has 1 aromatic carbocycles. The summed E-state index contributed by atoms with van der Waals surface area (Å²) in [5, 5.41) is 4.45. The zero-order valence-electron chi connectivity index (χ0n) is 12.6. The van der Waals surface area contributed by atoms with Crippen molar-refractivity contribution in [2.75, 3.05) is 13.1 Å². The van der Waals surface area contributed by atoms with Gasteiger partial charge in [-0.3, -0.25) is 0 Å². The van der Waals surface area contributed by atoms with Gasteiger partial charge in [-0.05, 0) is 42.9 Å². The fraction of sp³-hybridized carbons (Fsp3) is 0.647. The van der Waals surface area contributed by atoms with Gasteiger partial charge in [0.15, 0.2) is 0 Å². The average Bonchev–Trinajstić information content (AvgIpc) is 2.37. The lowest BCUT2D eigenvalue weighted by atomic mass is 9.91. The summed E-state index contributed by atoms with van der Waals surface area (Å²) in [6.07, 6.45) is 4.98. The molecule has 1 unspecified atom stereocenters. The largest absolute Gasteiger partial charge is 0.316 e. The zero-order valence-corrected chi connectivity index (χ0v) is 13.3. The SMILES string of the molecule is CCCNCC(CCCC(C)C)c1ccccc1Cl. The number of nitrogens with one attached hydrogen (secondary N) is 1. The van der Waals surface area contributed by atoms with Crippen LogP contribution in [0.2, 0.25) is 5.02 Å². The quantitative estimate of drug-likeness (QED) is 0.610. The van der Waals surface area contributed by atoms with Crippen LogP contribution in [0.25, 0.3) is 0 Å². The topological polar surface area (TPSA) is 12.0 Å². The molecule has 1 N–H and O–H groups in total. The third-order valence-electron chi connectivity index (χ3n) is 3.50. The first-order valence-electron chi connectivity index (χ1n) is 7.60. The minimum absolute atomic E-state index is 0.541. The van der Waals surface area contributed by atoms with Gasteiger partial charge in [0.2, 0.25) is 0 Å². The summed E-state index contributed by atoms with van der Waals surface area (Å²) in [6.45, 7) is 8.91. The summed E-state index contributed by atoms with van der Waals surface area (Å²) in [6, 6.07) is 8.29. The van der Waals surface area contributed by atoms with Gasteiger partial charge in [0.05, 0.1) is 0 Å². The van der Waals surface area contributed by atoms with Gasteiger partial charge in [0.1, 0.15) is 0 Å². The molecule has 0 heterocycles. The van der Waals surface area contributed by atoms with Gasteiger partial charge in [-0.1, -0.05) is 63.4 Å². The molecule has 0 aliphatic carbocycles. The predicted molar refractivity (Wildman–Crippen MR) is 86.0 cm³/mol. The van der Waals surface area contributed by atoms with Gasteiger partial charge in [-0.25, -0.2) is 0 Å². The second kappa shape index (κ2) is 9.39. The van der Waals surface area contributed by atoms with Crippen molar-refractivity contribution in [2.24, 2.45) is 5.92 Å². The van der Waals surface area contributed by atoms with E-state index in [9.17, 15) is 0 Å². The van der Waals surface area contributed by atoms with Crippen LogP contribution in [0.5, 0.6) is 0 Å². The maximum atomic E-state index is 6.35. The first kappa shape index (κ1) is 16.5. The van der Waals surface area contributed by atoms with E-state index in [1.165, 1.54) is 31.2 Å². The fourth-order valence-corrected chi connectivity index (χ4v) is 2.69. The third-order valence-corrected chi connectivity index (χ3v) is 3.84. The van der Waals surface area contributed by atoms with Crippen LogP contribution in [0.15, 0.2) is 24.3 Å². The van der Waals surface area contributed by atoms with Crippen LogP contribution in [0, 0.1) is 5.92 Å². The Balaban J connectivity index is 2.60. The Morgan fingerprint density at radius 2 is 1.89 bits per heavy atom. The van der Waals surface area contributed by atoms with Gasteiger partial charge in [-0.15, -0.1) is 0 Å². The van der Waals surface area contributed by atoms with Crippen molar-refractivity contribution in [3.8, 4) is 0 Å². The number of hydrogen-bond acceptors (Lipinski definition) is 1. The van der Waals surface area contributed by atoms with Gasteiger partial charge >= 0.3 is 0 Å². The van der Waals surface area contributed by atoms with Crippen molar-refractivity contribution < 1.29 is 0 Å². The lowest BCUT2D eigenvalue weighted by Gasteiger charge is -2.20. The van der Waals surface area contributed by atoms with Crippen LogP contribution in [-0.4, -0.2) is 13.1 Å². The highest BCUT2D eigenvalue weighted by atomic mass is 35.5. The zero-order chi connectivity index (χ0) is 14.1. The van der Waals surface area contributed by atoms with E-state index in [4.69, 9.17) is 11.6 Å². The highest BCUT2D eigenvalue weighted by molar-refractivity contribution is 6.31. The second-order valence-electron chi connectivity index (χ2n) is 5.75. The summed E-state index contributed by atoms with van der Waals surface area (Å²) in [5.74, 6) is 1.33. The molecule has 0 radical (unpaired) electrons. The Hall–Kier alpha value is -0.530. The van der Waals surface area contributed by atoms with Crippen molar-refractivity contribution in [1.29, 1.82) is 0 Å². The van der Waals surface area contributed by atoms with Crippen LogP contribution in [0.3, 0.4) is 0 Å². The van der Waals surface area contributed by atoms with Crippen LogP contribution >= 0.6 is 11.6 Å². The van der Waals surface area contributed by atoms with E-state index in [1.807, 2.05) is 12.1 Å². The summed E-state index contributed by atoms with van der Waals surface area (Å²) in [7, 11) is 0. The predicted octanol–water partition coefficient (Wildman–Crippen LogP) is 5.25. The first-order valence-corrected chi connectivity index (χ1v) is 7.98. The Morgan fingerprint density at radius 1 is 1.16 bits per heavy atom. The molecule has 0 fully saturated rings. The van der Waals surface area contributed by atoms with Crippen LogP contribution in [0.1, 0.15) is 57.9 Å². The third kappa shape index (κ3) is 6.44. The van der Waals surface area contributed by atoms with E-state index < -0.39 is 0 Å². The van der Waals surface area contributed by atoms with Crippen molar-refractivity contribution >= 4 is 11.6 Å². The summed E-state index contributed by atoms with van der Waals surface area (Å²) < 4.78 is 0. The summed E-state index contributed by atoms with van der Waals surface area (Å²) in [4.78, 5) is 0. The van der Waals surface area contributed by atoms with Gasteiger partial charge in [0, 0.05) is 11.6 Å². The number of halogens is 1. The molecule has 0 spiro atoms. The number of hydrogen-bond donors (Lipinski definition) is 1. The molecular formula is C17H28ClN. The van der Waals surface area contributed by atoms with E-state index in [1.54, 1.807) is 0 Å². The first-order chi connectivity index (χ1) is 9.15. The maximum absolute atomic E-state index is 6.35. The van der Waals surface area contributed by atoms with Gasteiger partial charge in [0.25, 0.3) is 0 Å². The van der Waals surface area contributed by atoms with E-state index in [0.29, 0.717) is 5.92 Å². The fourth-order valence-electron chi connectivity index (χ4n) is 2.40. The highest BCUT2D eigenvalue weighted by Crippen LogP contribution is 2.28. The smallest absolute Gasteiger partial charge is 0.0441 e. The Bertz CT molecular complexity index is 349. The molecule has 0 aliphatic rings. The Morgan fingerprint density at radius 3 is 2.53 bits per heavy atom. The van der Waals surface area contributed by atoms with E-state index >= 15 is 0 Å². The number of rotatable bonds is 9.